The number of hydrogen-bond donors (Lipinski definition) is 1. The van der Waals surface area contributed by atoms with Crippen LogP contribution in [0.4, 0.5) is 0 Å². The zero-order chi connectivity index (χ0) is 13.2. The van der Waals surface area contributed by atoms with Crippen LogP contribution >= 0.6 is 0 Å². The third-order valence-electron chi connectivity index (χ3n) is 3.07. The van der Waals surface area contributed by atoms with Crippen molar-refractivity contribution in [3.05, 3.63) is 29.8 Å². The molecule has 1 rings (SSSR count). The molecule has 0 aromatic heterocycles. The fraction of sp³-hybridized carbons (Fsp3) is 0.600. The SMILES string of the molecule is CCNCc1ccc(OCCN(CC)CC)cc1. The predicted octanol–water partition coefficient (Wildman–Crippen LogP) is 2.52. The lowest BCUT2D eigenvalue weighted by atomic mass is 10.2. The second-order valence-electron chi connectivity index (χ2n) is 4.30. The van der Waals surface area contributed by atoms with Crippen molar-refractivity contribution < 1.29 is 4.74 Å². The molecule has 0 aliphatic carbocycles. The monoisotopic (exact) mass is 250 g/mol. The average Bonchev–Trinajstić information content (AvgIpc) is 2.42. The minimum Gasteiger partial charge on any atom is -0.492 e. The minimum atomic E-state index is 0.758. The summed E-state index contributed by atoms with van der Waals surface area (Å²) in [6, 6.07) is 8.34. The number of rotatable bonds is 9. The lowest BCUT2D eigenvalue weighted by Crippen LogP contribution is -2.27. The van der Waals surface area contributed by atoms with Gasteiger partial charge in [-0.05, 0) is 37.3 Å². The van der Waals surface area contributed by atoms with E-state index in [4.69, 9.17) is 4.74 Å². The van der Waals surface area contributed by atoms with Crippen LogP contribution in [-0.2, 0) is 6.54 Å². The highest BCUT2D eigenvalue weighted by atomic mass is 16.5. The quantitative estimate of drug-likeness (QED) is 0.729. The maximum atomic E-state index is 5.74. The van der Waals surface area contributed by atoms with Gasteiger partial charge >= 0.3 is 0 Å². The van der Waals surface area contributed by atoms with Gasteiger partial charge in [0.15, 0.2) is 0 Å². The summed E-state index contributed by atoms with van der Waals surface area (Å²) in [7, 11) is 0. The summed E-state index contributed by atoms with van der Waals surface area (Å²) in [5, 5.41) is 3.31. The molecule has 0 aliphatic rings. The molecule has 1 N–H and O–H groups in total. The Kier molecular flexibility index (Phi) is 7.46. The van der Waals surface area contributed by atoms with E-state index in [1.54, 1.807) is 0 Å². The lowest BCUT2D eigenvalue weighted by molar-refractivity contribution is 0.223. The highest BCUT2D eigenvalue weighted by Gasteiger charge is 1.99. The maximum Gasteiger partial charge on any atom is 0.119 e. The average molecular weight is 250 g/mol. The predicted molar refractivity (Wildman–Crippen MR) is 77.1 cm³/mol. The Labute approximate surface area is 111 Å². The van der Waals surface area contributed by atoms with E-state index >= 15 is 0 Å². The van der Waals surface area contributed by atoms with Gasteiger partial charge in [-0.25, -0.2) is 0 Å². The Morgan fingerprint density at radius 1 is 1.06 bits per heavy atom. The van der Waals surface area contributed by atoms with Crippen LogP contribution in [0.1, 0.15) is 26.3 Å². The summed E-state index contributed by atoms with van der Waals surface area (Å²) in [6.45, 7) is 12.3. The summed E-state index contributed by atoms with van der Waals surface area (Å²) in [5.41, 5.74) is 1.30. The van der Waals surface area contributed by atoms with Crippen LogP contribution < -0.4 is 10.1 Å². The van der Waals surface area contributed by atoms with Crippen LogP contribution in [0.5, 0.6) is 5.75 Å². The molecule has 0 spiro atoms. The smallest absolute Gasteiger partial charge is 0.119 e. The first-order valence-electron chi connectivity index (χ1n) is 6.94. The molecule has 0 saturated heterocycles. The van der Waals surface area contributed by atoms with Gasteiger partial charge in [-0.2, -0.15) is 0 Å². The molecule has 3 heteroatoms. The normalized spacial score (nSPS) is 10.9. The first kappa shape index (κ1) is 15.0. The summed E-state index contributed by atoms with van der Waals surface area (Å²) in [5.74, 6) is 0.961. The van der Waals surface area contributed by atoms with Crippen LogP contribution in [0.3, 0.4) is 0 Å². The molecule has 0 bridgehead atoms. The van der Waals surface area contributed by atoms with Crippen LogP contribution in [0.2, 0.25) is 0 Å². The van der Waals surface area contributed by atoms with Crippen molar-refractivity contribution in [2.75, 3.05) is 32.8 Å². The second-order valence-corrected chi connectivity index (χ2v) is 4.30. The van der Waals surface area contributed by atoms with Crippen LogP contribution in [0, 0.1) is 0 Å². The third-order valence-corrected chi connectivity index (χ3v) is 3.07. The van der Waals surface area contributed by atoms with E-state index in [1.807, 2.05) is 0 Å². The molecule has 102 valence electrons. The standard InChI is InChI=1S/C15H26N2O/c1-4-16-13-14-7-9-15(10-8-14)18-12-11-17(5-2)6-3/h7-10,16H,4-6,11-13H2,1-3H3. The molecule has 0 amide bonds. The van der Waals surface area contributed by atoms with E-state index in [-0.39, 0.29) is 0 Å². The fourth-order valence-corrected chi connectivity index (χ4v) is 1.81. The highest BCUT2D eigenvalue weighted by Crippen LogP contribution is 2.12. The van der Waals surface area contributed by atoms with Gasteiger partial charge in [0, 0.05) is 13.1 Å². The van der Waals surface area contributed by atoms with Gasteiger partial charge in [0.25, 0.3) is 0 Å². The van der Waals surface area contributed by atoms with Crippen LogP contribution in [0.15, 0.2) is 24.3 Å². The second kappa shape index (κ2) is 8.95. The van der Waals surface area contributed by atoms with Gasteiger partial charge in [0.1, 0.15) is 12.4 Å². The molecular formula is C15H26N2O. The van der Waals surface area contributed by atoms with E-state index in [0.29, 0.717) is 0 Å². The van der Waals surface area contributed by atoms with Crippen molar-refractivity contribution in [3.63, 3.8) is 0 Å². The number of hydrogen-bond acceptors (Lipinski definition) is 3. The lowest BCUT2D eigenvalue weighted by Gasteiger charge is -2.18. The maximum absolute atomic E-state index is 5.74. The Balaban J connectivity index is 2.30. The number of likely N-dealkylation sites (N-methyl/N-ethyl adjacent to an activating group) is 1. The number of nitrogens with one attached hydrogen (secondary N) is 1. The summed E-state index contributed by atoms with van der Waals surface area (Å²) in [6.07, 6.45) is 0. The molecule has 3 nitrogen and oxygen atoms in total. The topological polar surface area (TPSA) is 24.5 Å². The van der Waals surface area contributed by atoms with Crippen molar-refractivity contribution in [1.29, 1.82) is 0 Å². The highest BCUT2D eigenvalue weighted by molar-refractivity contribution is 5.27. The molecule has 0 fully saturated rings. The Morgan fingerprint density at radius 3 is 2.28 bits per heavy atom. The molecule has 1 aromatic rings. The Hall–Kier alpha value is -1.06. The molecule has 0 radical (unpaired) electrons. The van der Waals surface area contributed by atoms with Crippen LogP contribution in [-0.4, -0.2) is 37.7 Å². The largest absolute Gasteiger partial charge is 0.492 e. The van der Waals surface area contributed by atoms with Crippen molar-refractivity contribution in [2.24, 2.45) is 0 Å². The minimum absolute atomic E-state index is 0.758. The van der Waals surface area contributed by atoms with E-state index in [0.717, 1.165) is 45.1 Å². The van der Waals surface area contributed by atoms with Gasteiger partial charge in [-0.15, -0.1) is 0 Å². The van der Waals surface area contributed by atoms with E-state index < -0.39 is 0 Å². The number of nitrogens with zero attached hydrogens (tertiary/aromatic N) is 1. The molecule has 18 heavy (non-hydrogen) atoms. The molecular weight excluding hydrogens is 224 g/mol. The molecule has 0 unspecified atom stereocenters. The third kappa shape index (κ3) is 5.52. The van der Waals surface area contributed by atoms with Crippen molar-refractivity contribution in [1.82, 2.24) is 10.2 Å². The van der Waals surface area contributed by atoms with Gasteiger partial charge in [-0.3, -0.25) is 0 Å². The Bertz CT molecular complexity index is 307. The zero-order valence-corrected chi connectivity index (χ0v) is 11.9. The molecule has 0 saturated carbocycles. The first-order valence-corrected chi connectivity index (χ1v) is 6.94. The molecule has 0 aliphatic heterocycles. The van der Waals surface area contributed by atoms with Gasteiger partial charge < -0.3 is 15.0 Å². The Morgan fingerprint density at radius 2 is 1.72 bits per heavy atom. The van der Waals surface area contributed by atoms with E-state index in [2.05, 4.69) is 55.3 Å². The van der Waals surface area contributed by atoms with E-state index in [1.165, 1.54) is 5.56 Å². The van der Waals surface area contributed by atoms with Crippen molar-refractivity contribution in [2.45, 2.75) is 27.3 Å². The number of ether oxygens (including phenoxy) is 1. The summed E-state index contributed by atoms with van der Waals surface area (Å²) >= 11 is 0. The summed E-state index contributed by atoms with van der Waals surface area (Å²) in [4.78, 5) is 2.36. The summed E-state index contributed by atoms with van der Waals surface area (Å²) < 4.78 is 5.74. The molecule has 1 aromatic carbocycles. The fourth-order valence-electron chi connectivity index (χ4n) is 1.81. The van der Waals surface area contributed by atoms with Crippen molar-refractivity contribution in [3.8, 4) is 5.75 Å². The van der Waals surface area contributed by atoms with Gasteiger partial charge in [0.2, 0.25) is 0 Å². The van der Waals surface area contributed by atoms with Crippen LogP contribution in [0.25, 0.3) is 0 Å². The number of benzene rings is 1. The van der Waals surface area contributed by atoms with E-state index in [9.17, 15) is 0 Å². The van der Waals surface area contributed by atoms with Crippen molar-refractivity contribution >= 4 is 0 Å². The first-order chi connectivity index (χ1) is 8.80. The molecule has 0 heterocycles. The van der Waals surface area contributed by atoms with Gasteiger partial charge in [-0.1, -0.05) is 32.9 Å². The zero-order valence-electron chi connectivity index (χ0n) is 11.9. The van der Waals surface area contributed by atoms with Gasteiger partial charge in [0.05, 0.1) is 0 Å². The molecule has 0 atom stereocenters.